The molecule has 0 atom stereocenters. The van der Waals surface area contributed by atoms with Crippen LogP contribution in [0.15, 0.2) is 57.9 Å². The summed E-state index contributed by atoms with van der Waals surface area (Å²) in [6, 6.07) is 10.5. The lowest BCUT2D eigenvalue weighted by atomic mass is 10.1. The van der Waals surface area contributed by atoms with Crippen LogP contribution in [0.2, 0.25) is 5.02 Å². The second kappa shape index (κ2) is 11.0. The number of benzene rings is 2. The molecule has 1 aliphatic heterocycles. The first-order valence-corrected chi connectivity index (χ1v) is 14.1. The number of aromatic nitrogens is 1. The third kappa shape index (κ3) is 6.07. The summed E-state index contributed by atoms with van der Waals surface area (Å²) in [5, 5.41) is 4.29. The molecule has 34 heavy (non-hydrogen) atoms. The molecule has 4 rings (SSSR count). The van der Waals surface area contributed by atoms with Gasteiger partial charge in [0.25, 0.3) is 0 Å². The Morgan fingerprint density at radius 1 is 1.18 bits per heavy atom. The summed E-state index contributed by atoms with van der Waals surface area (Å²) in [5.41, 5.74) is 0. The summed E-state index contributed by atoms with van der Waals surface area (Å²) >= 11 is 7.60. The first-order chi connectivity index (χ1) is 16.4. The van der Waals surface area contributed by atoms with Crippen LogP contribution in [-0.4, -0.2) is 62.4 Å². The van der Waals surface area contributed by atoms with E-state index in [0.717, 1.165) is 35.0 Å². The fourth-order valence-electron chi connectivity index (χ4n) is 4.05. The number of thiazole rings is 1. The number of piperidine rings is 1. The van der Waals surface area contributed by atoms with E-state index in [0.29, 0.717) is 24.7 Å². The Morgan fingerprint density at radius 3 is 2.68 bits per heavy atom. The molecule has 0 unspecified atom stereocenters. The third-order valence-corrected chi connectivity index (χ3v) is 8.78. The molecule has 182 valence electrons. The van der Waals surface area contributed by atoms with Gasteiger partial charge in [-0.3, -0.25) is 9.79 Å². The van der Waals surface area contributed by atoms with Gasteiger partial charge in [-0.15, -0.1) is 11.3 Å². The predicted octanol–water partition coefficient (Wildman–Crippen LogP) is 3.76. The van der Waals surface area contributed by atoms with E-state index in [1.165, 1.54) is 0 Å². The van der Waals surface area contributed by atoms with Crippen molar-refractivity contribution in [3.05, 3.63) is 57.8 Å². The van der Waals surface area contributed by atoms with Crippen molar-refractivity contribution in [2.24, 2.45) is 4.99 Å². The van der Waals surface area contributed by atoms with Gasteiger partial charge in [0.15, 0.2) is 14.6 Å². The number of methoxy groups -OCH3 is 1. The number of likely N-dealkylation sites (tertiary alicyclic amines) is 1. The molecule has 7 nitrogen and oxygen atoms in total. The van der Waals surface area contributed by atoms with E-state index in [-0.39, 0.29) is 29.0 Å². The Kier molecular flexibility index (Phi) is 8.08. The quantitative estimate of drug-likeness (QED) is 0.452. The van der Waals surface area contributed by atoms with Crippen molar-refractivity contribution < 1.29 is 17.9 Å². The first-order valence-electron chi connectivity index (χ1n) is 11.2. The van der Waals surface area contributed by atoms with Crippen molar-refractivity contribution in [2.75, 3.05) is 32.6 Å². The standard InChI is InChI=1S/C24H28ClN3O4S2/c1-32-13-11-28-12-14-33-24(28)26-21-6-9-27(10-7-21)23(29)8-15-34(30,31)22-5-3-18-16-20(25)4-2-19(18)17-22/h2-5,12,14,16-17,21H,6-11,13,15H2,1H3. The molecule has 0 saturated carbocycles. The van der Waals surface area contributed by atoms with Crippen molar-refractivity contribution in [1.82, 2.24) is 9.47 Å². The zero-order chi connectivity index (χ0) is 24.1. The molecule has 1 saturated heterocycles. The van der Waals surface area contributed by atoms with E-state index in [1.54, 1.807) is 59.7 Å². The normalized spacial score (nSPS) is 15.8. The molecule has 1 amide bonds. The van der Waals surface area contributed by atoms with Gasteiger partial charge in [0.1, 0.15) is 0 Å². The highest BCUT2D eigenvalue weighted by molar-refractivity contribution is 7.91. The van der Waals surface area contributed by atoms with Gasteiger partial charge in [0, 0.05) is 49.8 Å². The fourth-order valence-corrected chi connectivity index (χ4v) is 6.32. The second-order valence-corrected chi connectivity index (χ2v) is 11.8. The molecule has 0 radical (unpaired) electrons. The van der Waals surface area contributed by atoms with Gasteiger partial charge < -0.3 is 14.2 Å². The maximum atomic E-state index is 12.8. The van der Waals surface area contributed by atoms with E-state index in [9.17, 15) is 13.2 Å². The van der Waals surface area contributed by atoms with Crippen LogP contribution < -0.4 is 4.80 Å². The van der Waals surface area contributed by atoms with Gasteiger partial charge in [-0.1, -0.05) is 23.7 Å². The number of nitrogens with zero attached hydrogens (tertiary/aromatic N) is 3. The maximum absolute atomic E-state index is 12.8. The molecule has 2 heterocycles. The second-order valence-electron chi connectivity index (χ2n) is 8.33. The highest BCUT2D eigenvalue weighted by Crippen LogP contribution is 2.24. The molecule has 10 heteroatoms. The number of halogens is 1. The van der Waals surface area contributed by atoms with E-state index in [2.05, 4.69) is 4.57 Å². The van der Waals surface area contributed by atoms with Crippen LogP contribution in [0, 0.1) is 0 Å². The largest absolute Gasteiger partial charge is 0.383 e. The molecular formula is C24H28ClN3O4S2. The molecule has 1 aromatic heterocycles. The van der Waals surface area contributed by atoms with Crippen molar-refractivity contribution in [3.63, 3.8) is 0 Å². The topological polar surface area (TPSA) is 81.0 Å². The number of carbonyl (C=O) groups excluding carboxylic acids is 1. The van der Waals surface area contributed by atoms with E-state index < -0.39 is 9.84 Å². The number of sulfone groups is 1. The smallest absolute Gasteiger partial charge is 0.223 e. The van der Waals surface area contributed by atoms with E-state index in [1.807, 2.05) is 11.6 Å². The highest BCUT2D eigenvalue weighted by atomic mass is 35.5. The van der Waals surface area contributed by atoms with Gasteiger partial charge in [0.05, 0.1) is 23.3 Å². The third-order valence-electron chi connectivity index (χ3n) is 6.02. The fraction of sp³-hybridized carbons (Fsp3) is 0.417. The van der Waals surface area contributed by atoms with Crippen LogP contribution in [-0.2, 0) is 25.9 Å². The Hall–Kier alpha value is -2.20. The molecule has 2 aromatic carbocycles. The zero-order valence-electron chi connectivity index (χ0n) is 19.0. The van der Waals surface area contributed by atoms with Crippen LogP contribution in [0.1, 0.15) is 19.3 Å². The average Bonchev–Trinajstić information content (AvgIpc) is 3.28. The lowest BCUT2D eigenvalue weighted by Gasteiger charge is -2.30. The van der Waals surface area contributed by atoms with Crippen LogP contribution in [0.25, 0.3) is 10.8 Å². The number of fused-ring (bicyclic) bond motifs is 1. The van der Waals surface area contributed by atoms with Crippen molar-refractivity contribution in [3.8, 4) is 0 Å². The van der Waals surface area contributed by atoms with E-state index >= 15 is 0 Å². The first kappa shape index (κ1) is 24.9. The van der Waals surface area contributed by atoms with Crippen LogP contribution >= 0.6 is 22.9 Å². The Balaban J connectivity index is 1.32. The lowest BCUT2D eigenvalue weighted by molar-refractivity contribution is -0.131. The number of hydrogen-bond acceptors (Lipinski definition) is 6. The Bertz CT molecular complexity index is 1330. The number of carbonyl (C=O) groups is 1. The molecule has 3 aromatic rings. The zero-order valence-corrected chi connectivity index (χ0v) is 21.4. The predicted molar refractivity (Wildman–Crippen MR) is 135 cm³/mol. The van der Waals surface area contributed by atoms with Crippen LogP contribution in [0.5, 0.6) is 0 Å². The van der Waals surface area contributed by atoms with Crippen LogP contribution in [0.3, 0.4) is 0 Å². The number of ether oxygens (including phenoxy) is 1. The Labute approximate surface area is 208 Å². The highest BCUT2D eigenvalue weighted by Gasteiger charge is 2.24. The maximum Gasteiger partial charge on any atom is 0.223 e. The minimum atomic E-state index is -3.56. The van der Waals surface area contributed by atoms with Crippen molar-refractivity contribution >= 4 is 49.5 Å². The van der Waals surface area contributed by atoms with Crippen molar-refractivity contribution in [1.29, 1.82) is 0 Å². The molecule has 0 spiro atoms. The van der Waals surface area contributed by atoms with E-state index in [4.69, 9.17) is 21.3 Å². The van der Waals surface area contributed by atoms with Gasteiger partial charge in [-0.2, -0.15) is 0 Å². The van der Waals surface area contributed by atoms with Gasteiger partial charge >= 0.3 is 0 Å². The number of rotatable bonds is 8. The number of hydrogen-bond donors (Lipinski definition) is 0. The van der Waals surface area contributed by atoms with Gasteiger partial charge in [-0.05, 0) is 47.9 Å². The molecule has 0 N–H and O–H groups in total. The lowest BCUT2D eigenvalue weighted by Crippen LogP contribution is -2.40. The SMILES string of the molecule is COCCn1ccsc1=NC1CCN(C(=O)CCS(=O)(=O)c2ccc3cc(Cl)ccc3c2)CC1. The summed E-state index contributed by atoms with van der Waals surface area (Å²) in [7, 11) is -1.88. The summed E-state index contributed by atoms with van der Waals surface area (Å²) < 4.78 is 32.9. The number of amides is 1. The molecule has 0 bridgehead atoms. The molecular weight excluding hydrogens is 494 g/mol. The van der Waals surface area contributed by atoms with Gasteiger partial charge in [0.2, 0.25) is 5.91 Å². The minimum Gasteiger partial charge on any atom is -0.383 e. The molecule has 1 fully saturated rings. The average molecular weight is 522 g/mol. The van der Waals surface area contributed by atoms with Crippen LogP contribution in [0.4, 0.5) is 0 Å². The minimum absolute atomic E-state index is 0.0231. The summed E-state index contributed by atoms with van der Waals surface area (Å²) in [4.78, 5) is 20.5. The Morgan fingerprint density at radius 2 is 1.91 bits per heavy atom. The van der Waals surface area contributed by atoms with Gasteiger partial charge in [-0.25, -0.2) is 8.42 Å². The summed E-state index contributed by atoms with van der Waals surface area (Å²) in [6.45, 7) is 2.57. The summed E-state index contributed by atoms with van der Waals surface area (Å²) in [5.74, 6) is -0.329. The molecule has 0 aliphatic carbocycles. The summed E-state index contributed by atoms with van der Waals surface area (Å²) in [6.07, 6.45) is 3.53. The monoisotopic (exact) mass is 521 g/mol. The molecule has 1 aliphatic rings. The van der Waals surface area contributed by atoms with Crippen molar-refractivity contribution in [2.45, 2.75) is 36.7 Å².